The Hall–Kier alpha value is -0.0400. The molecule has 0 spiro atoms. The zero-order valence-electron chi connectivity index (χ0n) is 10.2. The summed E-state index contributed by atoms with van der Waals surface area (Å²) in [5.74, 6) is 2.51. The lowest BCUT2D eigenvalue weighted by Gasteiger charge is -2.35. The molecule has 1 N–H and O–H groups in total. The summed E-state index contributed by atoms with van der Waals surface area (Å²) in [5.41, 5.74) is 0.509. The molecule has 1 rings (SSSR count). The van der Waals surface area contributed by atoms with Crippen molar-refractivity contribution in [2.24, 2.45) is 23.2 Å². The first kappa shape index (κ1) is 12.0. The Bertz CT molecular complexity index is 174. The molecule has 0 aromatic heterocycles. The van der Waals surface area contributed by atoms with Crippen LogP contribution in [0, 0.1) is 23.2 Å². The van der Waals surface area contributed by atoms with E-state index in [0.717, 1.165) is 24.2 Å². The lowest BCUT2D eigenvalue weighted by atomic mass is 9.70. The van der Waals surface area contributed by atoms with E-state index in [1.54, 1.807) is 0 Å². The van der Waals surface area contributed by atoms with Crippen molar-refractivity contribution in [2.45, 2.75) is 53.4 Å². The molecule has 1 nitrogen and oxygen atoms in total. The molecule has 0 heterocycles. The van der Waals surface area contributed by atoms with Gasteiger partial charge in [-0.1, -0.05) is 27.7 Å². The lowest BCUT2D eigenvalue weighted by molar-refractivity contribution is 0.134. The van der Waals surface area contributed by atoms with Gasteiger partial charge in [-0.15, -0.1) is 0 Å². The second-order valence-corrected chi connectivity index (χ2v) is 5.75. The first-order chi connectivity index (χ1) is 6.50. The van der Waals surface area contributed by atoms with Gasteiger partial charge in [0.25, 0.3) is 0 Å². The van der Waals surface area contributed by atoms with Crippen LogP contribution >= 0.6 is 0 Å². The highest BCUT2D eigenvalue weighted by atomic mass is 16.2. The summed E-state index contributed by atoms with van der Waals surface area (Å²) < 4.78 is 0. The monoisotopic (exact) mass is 198 g/mol. The van der Waals surface area contributed by atoms with Crippen LogP contribution in [-0.2, 0) is 0 Å². The average Bonchev–Trinajstić information content (AvgIpc) is 2.38. The van der Waals surface area contributed by atoms with Gasteiger partial charge in [0.05, 0.1) is 0 Å². The molecule has 3 atom stereocenters. The van der Waals surface area contributed by atoms with Crippen molar-refractivity contribution in [2.75, 3.05) is 6.61 Å². The molecule has 0 aromatic rings. The summed E-state index contributed by atoms with van der Waals surface area (Å²) in [6.07, 6.45) is 4.95. The van der Waals surface area contributed by atoms with Crippen molar-refractivity contribution in [3.63, 3.8) is 0 Å². The topological polar surface area (TPSA) is 20.2 Å². The van der Waals surface area contributed by atoms with Crippen molar-refractivity contribution in [1.82, 2.24) is 0 Å². The van der Waals surface area contributed by atoms with Crippen LogP contribution in [0.2, 0.25) is 0 Å². The maximum Gasteiger partial charge on any atom is 0.0431 e. The second-order valence-electron chi connectivity index (χ2n) is 5.75. The van der Waals surface area contributed by atoms with Crippen LogP contribution in [0.4, 0.5) is 0 Å². The van der Waals surface area contributed by atoms with Crippen LogP contribution < -0.4 is 0 Å². The van der Waals surface area contributed by atoms with Crippen molar-refractivity contribution in [1.29, 1.82) is 0 Å². The van der Waals surface area contributed by atoms with Crippen LogP contribution in [0.3, 0.4) is 0 Å². The predicted octanol–water partition coefficient (Wildman–Crippen LogP) is 3.47. The van der Waals surface area contributed by atoms with Gasteiger partial charge in [0.15, 0.2) is 0 Å². The van der Waals surface area contributed by atoms with Gasteiger partial charge in [-0.25, -0.2) is 0 Å². The van der Waals surface area contributed by atoms with Gasteiger partial charge in [-0.2, -0.15) is 0 Å². The maximum atomic E-state index is 8.84. The third kappa shape index (κ3) is 2.31. The molecule has 0 radical (unpaired) electrons. The number of hydrogen-bond donors (Lipinski definition) is 1. The fraction of sp³-hybridized carbons (Fsp3) is 1.00. The number of rotatable bonds is 4. The third-order valence-corrected chi connectivity index (χ3v) is 4.64. The van der Waals surface area contributed by atoms with Gasteiger partial charge in [0.1, 0.15) is 0 Å². The van der Waals surface area contributed by atoms with Gasteiger partial charge < -0.3 is 5.11 Å². The fourth-order valence-corrected chi connectivity index (χ4v) is 3.17. The Morgan fingerprint density at radius 1 is 1.36 bits per heavy atom. The zero-order valence-corrected chi connectivity index (χ0v) is 10.2. The summed E-state index contributed by atoms with van der Waals surface area (Å²) >= 11 is 0. The van der Waals surface area contributed by atoms with Crippen molar-refractivity contribution >= 4 is 0 Å². The molecular weight excluding hydrogens is 172 g/mol. The summed E-state index contributed by atoms with van der Waals surface area (Å²) in [4.78, 5) is 0. The Labute approximate surface area is 88.9 Å². The van der Waals surface area contributed by atoms with E-state index in [1.165, 1.54) is 19.3 Å². The second kappa shape index (κ2) is 4.65. The van der Waals surface area contributed by atoms with E-state index < -0.39 is 0 Å². The highest BCUT2D eigenvalue weighted by molar-refractivity contribution is 4.91. The molecule has 0 aromatic carbocycles. The lowest BCUT2D eigenvalue weighted by Crippen LogP contribution is -2.28. The van der Waals surface area contributed by atoms with Crippen LogP contribution in [0.25, 0.3) is 0 Å². The normalized spacial score (nSPS) is 33.2. The van der Waals surface area contributed by atoms with E-state index in [9.17, 15) is 0 Å². The standard InChI is InChI=1S/C13H26O/c1-10(6-5-9-14)12-8-7-11(2)13(12,3)4/h10-12,14H,5-9H2,1-4H3. The van der Waals surface area contributed by atoms with Gasteiger partial charge >= 0.3 is 0 Å². The maximum absolute atomic E-state index is 8.84. The Morgan fingerprint density at radius 3 is 2.43 bits per heavy atom. The van der Waals surface area contributed by atoms with E-state index in [2.05, 4.69) is 27.7 Å². The minimum Gasteiger partial charge on any atom is -0.396 e. The minimum atomic E-state index is 0.354. The van der Waals surface area contributed by atoms with Crippen LogP contribution in [0.15, 0.2) is 0 Å². The SMILES string of the molecule is CC(CCCO)C1CCC(C)C1(C)C. The number of aliphatic hydroxyl groups excluding tert-OH is 1. The summed E-state index contributed by atoms with van der Waals surface area (Å²) in [6.45, 7) is 9.95. The molecule has 1 fully saturated rings. The highest BCUT2D eigenvalue weighted by Crippen LogP contribution is 2.51. The molecule has 3 unspecified atom stereocenters. The highest BCUT2D eigenvalue weighted by Gasteiger charge is 2.42. The van der Waals surface area contributed by atoms with E-state index >= 15 is 0 Å². The van der Waals surface area contributed by atoms with Gasteiger partial charge in [0, 0.05) is 6.61 Å². The molecule has 0 aliphatic heterocycles. The van der Waals surface area contributed by atoms with E-state index in [1.807, 2.05) is 0 Å². The molecule has 0 bridgehead atoms. The van der Waals surface area contributed by atoms with Gasteiger partial charge in [-0.05, 0) is 48.9 Å². The number of hydrogen-bond acceptors (Lipinski definition) is 1. The first-order valence-corrected chi connectivity index (χ1v) is 6.11. The van der Waals surface area contributed by atoms with Crippen LogP contribution in [0.1, 0.15) is 53.4 Å². The molecule has 1 aliphatic carbocycles. The van der Waals surface area contributed by atoms with Gasteiger partial charge in [0.2, 0.25) is 0 Å². The summed E-state index contributed by atoms with van der Waals surface area (Å²) in [5, 5.41) is 8.84. The van der Waals surface area contributed by atoms with E-state index in [-0.39, 0.29) is 0 Å². The Kier molecular flexibility index (Phi) is 4.00. The molecule has 0 amide bonds. The molecule has 1 heteroatoms. The first-order valence-electron chi connectivity index (χ1n) is 6.11. The van der Waals surface area contributed by atoms with E-state index in [4.69, 9.17) is 5.11 Å². The predicted molar refractivity (Wildman–Crippen MR) is 61.2 cm³/mol. The summed E-state index contributed by atoms with van der Waals surface area (Å²) in [6, 6.07) is 0. The smallest absolute Gasteiger partial charge is 0.0431 e. The van der Waals surface area contributed by atoms with Crippen molar-refractivity contribution in [3.05, 3.63) is 0 Å². The minimum absolute atomic E-state index is 0.354. The van der Waals surface area contributed by atoms with Gasteiger partial charge in [-0.3, -0.25) is 0 Å². The molecular formula is C13H26O. The molecule has 1 saturated carbocycles. The average molecular weight is 198 g/mol. The Balaban J connectivity index is 2.51. The molecule has 14 heavy (non-hydrogen) atoms. The molecule has 0 saturated heterocycles. The largest absolute Gasteiger partial charge is 0.396 e. The molecule has 1 aliphatic rings. The van der Waals surface area contributed by atoms with Crippen molar-refractivity contribution < 1.29 is 5.11 Å². The van der Waals surface area contributed by atoms with E-state index in [0.29, 0.717) is 12.0 Å². The van der Waals surface area contributed by atoms with Crippen LogP contribution in [-0.4, -0.2) is 11.7 Å². The zero-order chi connectivity index (χ0) is 10.8. The quantitative estimate of drug-likeness (QED) is 0.733. The fourth-order valence-electron chi connectivity index (χ4n) is 3.17. The van der Waals surface area contributed by atoms with Crippen LogP contribution in [0.5, 0.6) is 0 Å². The third-order valence-electron chi connectivity index (χ3n) is 4.64. The number of aliphatic hydroxyl groups is 1. The van der Waals surface area contributed by atoms with Crippen molar-refractivity contribution in [3.8, 4) is 0 Å². The Morgan fingerprint density at radius 2 is 2.00 bits per heavy atom. The molecule has 84 valence electrons. The summed E-state index contributed by atoms with van der Waals surface area (Å²) in [7, 11) is 0.